The largest absolute Gasteiger partial charge is 0.404 e. The Labute approximate surface area is 139 Å². The molecule has 8 N–H and O–H groups in total. The Bertz CT molecular complexity index is 643. The Hall–Kier alpha value is -1.81. The van der Waals surface area contributed by atoms with Crippen molar-refractivity contribution in [2.45, 2.75) is 12.8 Å². The lowest BCUT2D eigenvalue weighted by Gasteiger charge is -2.10. The molecule has 0 radical (unpaired) electrons. The molecule has 126 valence electrons. The number of hydrogen-bond acceptors (Lipinski definition) is 8. The monoisotopic (exact) mass is 337 g/mol. The summed E-state index contributed by atoms with van der Waals surface area (Å²) in [6, 6.07) is 1.91. The van der Waals surface area contributed by atoms with Gasteiger partial charge >= 0.3 is 0 Å². The molecule has 0 bridgehead atoms. The Kier molecular flexibility index (Phi) is 7.14. The molecule has 0 spiro atoms. The van der Waals surface area contributed by atoms with Crippen molar-refractivity contribution in [2.75, 3.05) is 31.6 Å². The van der Waals surface area contributed by atoms with Crippen LogP contribution in [-0.2, 0) is 4.74 Å². The van der Waals surface area contributed by atoms with Crippen molar-refractivity contribution in [3.63, 3.8) is 0 Å². The zero-order valence-electron chi connectivity index (χ0n) is 12.9. The first-order valence-corrected chi connectivity index (χ1v) is 8.33. The third-order valence-corrected chi connectivity index (χ3v) is 3.86. The molecule has 0 fully saturated rings. The molecule has 23 heavy (non-hydrogen) atoms. The van der Waals surface area contributed by atoms with Crippen LogP contribution in [0.5, 0.6) is 0 Å². The van der Waals surface area contributed by atoms with E-state index in [-0.39, 0.29) is 0 Å². The van der Waals surface area contributed by atoms with E-state index in [1.165, 1.54) is 6.20 Å². The first kappa shape index (κ1) is 17.5. The molecular formula is C14H23N7OS. The van der Waals surface area contributed by atoms with Crippen LogP contribution in [0.3, 0.4) is 0 Å². The standard InChI is InChI=1S/C14H23N7OS/c15-3-1-2-5-22-6-4-18-11-7-12(13(8-16)23-17)20-14-10(11)9-19-21-14/h7-9H,1-6,15-17H2,(H2,18,19,20,21)/b13-8-. The molecule has 0 aromatic carbocycles. The van der Waals surface area contributed by atoms with E-state index in [1.54, 1.807) is 6.20 Å². The topological polar surface area (TPSA) is 141 Å². The first-order valence-electron chi connectivity index (χ1n) is 7.45. The molecule has 2 aromatic heterocycles. The molecule has 2 rings (SSSR count). The van der Waals surface area contributed by atoms with Gasteiger partial charge in [-0.15, -0.1) is 0 Å². The fourth-order valence-corrected chi connectivity index (χ4v) is 2.40. The molecule has 2 aromatic rings. The Morgan fingerprint density at radius 3 is 3.00 bits per heavy atom. The maximum Gasteiger partial charge on any atom is 0.157 e. The summed E-state index contributed by atoms with van der Waals surface area (Å²) in [7, 11) is 0. The van der Waals surface area contributed by atoms with Gasteiger partial charge in [-0.2, -0.15) is 5.10 Å². The van der Waals surface area contributed by atoms with E-state index in [9.17, 15) is 0 Å². The zero-order chi connectivity index (χ0) is 16.5. The van der Waals surface area contributed by atoms with Crippen LogP contribution in [0, 0.1) is 0 Å². The minimum atomic E-state index is 0.618. The van der Waals surface area contributed by atoms with Crippen molar-refractivity contribution in [3.8, 4) is 0 Å². The number of nitrogens with two attached hydrogens (primary N) is 3. The molecule has 0 saturated carbocycles. The first-order chi connectivity index (χ1) is 11.3. The quantitative estimate of drug-likeness (QED) is 0.319. The predicted molar refractivity (Wildman–Crippen MR) is 95.4 cm³/mol. The van der Waals surface area contributed by atoms with E-state index in [0.717, 1.165) is 42.5 Å². The summed E-state index contributed by atoms with van der Waals surface area (Å²) in [4.78, 5) is 5.16. The number of hydrogen-bond donors (Lipinski definition) is 5. The second-order valence-electron chi connectivity index (χ2n) is 4.87. The molecule has 0 amide bonds. The van der Waals surface area contributed by atoms with Crippen LogP contribution in [0.2, 0.25) is 0 Å². The highest BCUT2D eigenvalue weighted by Crippen LogP contribution is 2.27. The fraction of sp³-hybridized carbons (Fsp3) is 0.429. The smallest absolute Gasteiger partial charge is 0.157 e. The highest BCUT2D eigenvalue weighted by molar-refractivity contribution is 8.06. The molecule has 0 atom stereocenters. The fourth-order valence-electron chi connectivity index (χ4n) is 2.09. The molecule has 2 heterocycles. The van der Waals surface area contributed by atoms with Crippen LogP contribution in [0.25, 0.3) is 15.9 Å². The van der Waals surface area contributed by atoms with Crippen LogP contribution in [-0.4, -0.2) is 41.5 Å². The van der Waals surface area contributed by atoms with Crippen LogP contribution in [0.15, 0.2) is 18.5 Å². The number of aromatic nitrogens is 3. The van der Waals surface area contributed by atoms with Gasteiger partial charge < -0.3 is 21.5 Å². The highest BCUT2D eigenvalue weighted by atomic mass is 32.2. The summed E-state index contributed by atoms with van der Waals surface area (Å²) in [5, 5.41) is 16.8. The van der Waals surface area contributed by atoms with Gasteiger partial charge in [-0.05, 0) is 37.4 Å². The second-order valence-corrected chi connectivity index (χ2v) is 5.55. The molecular weight excluding hydrogens is 314 g/mol. The Balaban J connectivity index is 2.00. The number of pyridine rings is 1. The molecule has 0 unspecified atom stereocenters. The number of anilines is 1. The van der Waals surface area contributed by atoms with Crippen molar-refractivity contribution >= 4 is 33.6 Å². The lowest BCUT2D eigenvalue weighted by molar-refractivity contribution is 0.140. The SMILES string of the molecule is N/C=C(\SN)c1cc(NCCOCCCCN)c2cn[nH]c2n1. The van der Waals surface area contributed by atoms with Gasteiger partial charge in [0.2, 0.25) is 0 Å². The summed E-state index contributed by atoms with van der Waals surface area (Å²) in [5.74, 6) is 0. The van der Waals surface area contributed by atoms with Gasteiger partial charge in [0.1, 0.15) is 0 Å². The van der Waals surface area contributed by atoms with Crippen LogP contribution in [0.4, 0.5) is 5.69 Å². The van der Waals surface area contributed by atoms with Gasteiger partial charge in [-0.1, -0.05) is 0 Å². The lowest BCUT2D eigenvalue weighted by Crippen LogP contribution is -2.11. The molecule has 0 aliphatic carbocycles. The van der Waals surface area contributed by atoms with Gasteiger partial charge in [-0.25, -0.2) is 4.98 Å². The minimum Gasteiger partial charge on any atom is -0.404 e. The van der Waals surface area contributed by atoms with Crippen molar-refractivity contribution in [1.29, 1.82) is 0 Å². The average molecular weight is 337 g/mol. The number of unbranched alkanes of at least 4 members (excludes halogenated alkanes) is 1. The molecule has 0 saturated heterocycles. The van der Waals surface area contributed by atoms with Crippen molar-refractivity contribution < 1.29 is 4.74 Å². The maximum absolute atomic E-state index is 5.62. The summed E-state index contributed by atoms with van der Waals surface area (Å²) < 4.78 is 5.56. The van der Waals surface area contributed by atoms with Crippen molar-refractivity contribution in [1.82, 2.24) is 15.2 Å². The van der Waals surface area contributed by atoms with Crippen molar-refractivity contribution in [3.05, 3.63) is 24.2 Å². The van der Waals surface area contributed by atoms with Gasteiger partial charge in [0, 0.05) is 25.0 Å². The van der Waals surface area contributed by atoms with Crippen LogP contribution >= 0.6 is 11.9 Å². The third kappa shape index (κ3) is 4.83. The minimum absolute atomic E-state index is 0.618. The Morgan fingerprint density at radius 1 is 1.39 bits per heavy atom. The van der Waals surface area contributed by atoms with E-state index < -0.39 is 0 Å². The molecule has 0 aliphatic rings. The molecule has 9 heteroatoms. The van der Waals surface area contributed by atoms with Crippen LogP contribution in [0.1, 0.15) is 18.5 Å². The molecule has 8 nitrogen and oxygen atoms in total. The number of nitrogens with one attached hydrogen (secondary N) is 2. The zero-order valence-corrected chi connectivity index (χ0v) is 13.7. The highest BCUT2D eigenvalue weighted by Gasteiger charge is 2.10. The normalized spacial score (nSPS) is 12.0. The van der Waals surface area contributed by atoms with E-state index in [2.05, 4.69) is 20.5 Å². The lowest BCUT2D eigenvalue weighted by atomic mass is 10.2. The number of aromatic amines is 1. The third-order valence-electron chi connectivity index (χ3n) is 3.26. The van der Waals surface area contributed by atoms with E-state index in [1.807, 2.05) is 6.07 Å². The number of rotatable bonds is 10. The molecule has 0 aliphatic heterocycles. The van der Waals surface area contributed by atoms with Gasteiger partial charge in [0.25, 0.3) is 0 Å². The second kappa shape index (κ2) is 9.36. The predicted octanol–water partition coefficient (Wildman–Crippen LogP) is 0.989. The number of H-pyrrole nitrogens is 1. The van der Waals surface area contributed by atoms with E-state index >= 15 is 0 Å². The Morgan fingerprint density at radius 2 is 2.26 bits per heavy atom. The summed E-state index contributed by atoms with van der Waals surface area (Å²) in [5.41, 5.74) is 13.3. The summed E-state index contributed by atoms with van der Waals surface area (Å²) in [6.07, 6.45) is 5.15. The summed E-state index contributed by atoms with van der Waals surface area (Å²) >= 11 is 1.06. The van der Waals surface area contributed by atoms with Gasteiger partial charge in [-0.3, -0.25) is 10.2 Å². The van der Waals surface area contributed by atoms with Crippen molar-refractivity contribution in [2.24, 2.45) is 16.6 Å². The maximum atomic E-state index is 5.62. The van der Waals surface area contributed by atoms with E-state index in [4.69, 9.17) is 21.3 Å². The number of ether oxygens (including phenoxy) is 1. The van der Waals surface area contributed by atoms with Gasteiger partial charge in [0.05, 0.1) is 28.8 Å². The van der Waals surface area contributed by atoms with Crippen LogP contribution < -0.4 is 21.9 Å². The van der Waals surface area contributed by atoms with E-state index in [0.29, 0.717) is 35.9 Å². The average Bonchev–Trinajstić information content (AvgIpc) is 3.04. The van der Waals surface area contributed by atoms with Gasteiger partial charge in [0.15, 0.2) is 5.65 Å². The number of nitrogens with zero attached hydrogens (tertiary/aromatic N) is 2. The number of fused-ring (bicyclic) bond motifs is 1. The summed E-state index contributed by atoms with van der Waals surface area (Å²) in [6.45, 7) is 2.73.